The van der Waals surface area contributed by atoms with Crippen molar-refractivity contribution >= 4 is 0 Å². The first-order valence-electron chi connectivity index (χ1n) is 6.47. The second-order valence-corrected chi connectivity index (χ2v) is 4.37. The van der Waals surface area contributed by atoms with Crippen molar-refractivity contribution in [3.8, 4) is 0 Å². The Morgan fingerprint density at radius 3 is 2.76 bits per heavy atom. The van der Waals surface area contributed by atoms with Crippen LogP contribution in [0.25, 0.3) is 0 Å². The summed E-state index contributed by atoms with van der Waals surface area (Å²) in [7, 11) is 0. The monoisotopic (exact) mass is 237 g/mol. The van der Waals surface area contributed by atoms with E-state index in [2.05, 4.69) is 24.3 Å². The van der Waals surface area contributed by atoms with Gasteiger partial charge in [0.05, 0.1) is 5.69 Å². The van der Waals surface area contributed by atoms with Gasteiger partial charge in [-0.25, -0.2) is 4.68 Å². The molecule has 1 heterocycles. The van der Waals surface area contributed by atoms with Crippen molar-refractivity contribution in [1.82, 2.24) is 15.1 Å². The predicted octanol–water partition coefficient (Wildman–Crippen LogP) is 1.85. The molecule has 0 fully saturated rings. The van der Waals surface area contributed by atoms with Gasteiger partial charge in [-0.3, -0.25) is 4.79 Å². The van der Waals surface area contributed by atoms with Crippen molar-refractivity contribution in [2.45, 2.75) is 53.1 Å². The molecule has 0 saturated heterocycles. The first kappa shape index (κ1) is 13.9. The van der Waals surface area contributed by atoms with Gasteiger partial charge < -0.3 is 5.32 Å². The maximum Gasteiger partial charge on any atom is 0.271 e. The maximum absolute atomic E-state index is 12.1. The van der Waals surface area contributed by atoms with E-state index in [1.807, 2.05) is 13.0 Å². The molecule has 0 amide bonds. The highest BCUT2D eigenvalue weighted by Crippen LogP contribution is 1.97. The van der Waals surface area contributed by atoms with E-state index in [-0.39, 0.29) is 5.56 Å². The number of hydrogen-bond donors (Lipinski definition) is 1. The molecule has 0 bridgehead atoms. The third-order valence-electron chi connectivity index (χ3n) is 2.64. The van der Waals surface area contributed by atoms with Gasteiger partial charge in [0, 0.05) is 18.7 Å². The van der Waals surface area contributed by atoms with Crippen LogP contribution in [0.15, 0.2) is 10.9 Å². The van der Waals surface area contributed by atoms with Crippen LogP contribution in [0.2, 0.25) is 0 Å². The number of unbranched alkanes of at least 4 members (excludes halogenated alkanes) is 1. The highest BCUT2D eigenvalue weighted by Gasteiger charge is 2.05. The van der Waals surface area contributed by atoms with Crippen LogP contribution in [0, 0.1) is 6.92 Å². The minimum Gasteiger partial charge on any atom is -0.312 e. The number of aromatic nitrogens is 2. The van der Waals surface area contributed by atoms with Crippen LogP contribution in [0.5, 0.6) is 0 Å². The van der Waals surface area contributed by atoms with Crippen molar-refractivity contribution in [1.29, 1.82) is 0 Å². The first-order valence-corrected chi connectivity index (χ1v) is 6.47. The minimum absolute atomic E-state index is 0.0488. The van der Waals surface area contributed by atoms with Crippen LogP contribution in [0.3, 0.4) is 0 Å². The summed E-state index contributed by atoms with van der Waals surface area (Å²) in [6, 6.07) is 1.88. The minimum atomic E-state index is 0.0488. The fourth-order valence-electron chi connectivity index (χ4n) is 1.73. The second-order valence-electron chi connectivity index (χ2n) is 4.37. The summed E-state index contributed by atoms with van der Waals surface area (Å²) in [6.07, 6.45) is 3.15. The van der Waals surface area contributed by atoms with Gasteiger partial charge in [-0.15, -0.1) is 0 Å². The molecule has 0 aliphatic heterocycles. The average Bonchev–Trinajstić information content (AvgIpc) is 2.31. The van der Waals surface area contributed by atoms with E-state index in [1.54, 1.807) is 4.68 Å². The Balaban J connectivity index is 2.82. The molecule has 4 heteroatoms. The summed E-state index contributed by atoms with van der Waals surface area (Å²) in [5.74, 6) is 0. The maximum atomic E-state index is 12.1. The number of hydrogen-bond acceptors (Lipinski definition) is 3. The van der Waals surface area contributed by atoms with Gasteiger partial charge in [0.1, 0.15) is 0 Å². The molecule has 1 aromatic rings. The molecule has 0 radical (unpaired) electrons. The standard InChI is InChI=1S/C13H23N3O/c1-4-6-8-16-13(17)12(9-11(3)15-16)10-14-7-5-2/h9,14H,4-8,10H2,1-3H3. The number of nitrogens with zero attached hydrogens (tertiary/aromatic N) is 2. The molecular weight excluding hydrogens is 214 g/mol. The van der Waals surface area contributed by atoms with Gasteiger partial charge in [0.2, 0.25) is 0 Å². The molecule has 0 aliphatic rings. The summed E-state index contributed by atoms with van der Waals surface area (Å²) in [6.45, 7) is 8.47. The Kier molecular flexibility index (Phi) is 5.91. The Hall–Kier alpha value is -1.16. The fourth-order valence-corrected chi connectivity index (χ4v) is 1.73. The molecule has 4 nitrogen and oxygen atoms in total. The van der Waals surface area contributed by atoms with Crippen molar-refractivity contribution in [2.24, 2.45) is 0 Å². The van der Waals surface area contributed by atoms with Crippen LogP contribution in [0.4, 0.5) is 0 Å². The quantitative estimate of drug-likeness (QED) is 0.736. The molecule has 0 atom stereocenters. The van der Waals surface area contributed by atoms with Crippen molar-refractivity contribution in [2.75, 3.05) is 6.54 Å². The lowest BCUT2D eigenvalue weighted by molar-refractivity contribution is 0.527. The molecule has 0 saturated carbocycles. The Morgan fingerprint density at radius 1 is 1.35 bits per heavy atom. The largest absolute Gasteiger partial charge is 0.312 e. The van der Waals surface area contributed by atoms with Crippen molar-refractivity contribution < 1.29 is 0 Å². The van der Waals surface area contributed by atoms with E-state index in [0.29, 0.717) is 6.54 Å². The lowest BCUT2D eigenvalue weighted by Gasteiger charge is -2.08. The zero-order valence-corrected chi connectivity index (χ0v) is 11.1. The molecule has 1 N–H and O–H groups in total. The van der Waals surface area contributed by atoms with E-state index in [9.17, 15) is 4.79 Å². The fraction of sp³-hybridized carbons (Fsp3) is 0.692. The predicted molar refractivity (Wildman–Crippen MR) is 70.1 cm³/mol. The number of rotatable bonds is 7. The van der Waals surface area contributed by atoms with Gasteiger partial charge >= 0.3 is 0 Å². The molecule has 0 aromatic carbocycles. The number of nitrogens with one attached hydrogen (secondary N) is 1. The molecule has 0 spiro atoms. The summed E-state index contributed by atoms with van der Waals surface area (Å²) >= 11 is 0. The Bertz CT molecular complexity index is 398. The normalized spacial score (nSPS) is 10.8. The lowest BCUT2D eigenvalue weighted by Crippen LogP contribution is -2.30. The number of aryl methyl sites for hydroxylation is 2. The zero-order chi connectivity index (χ0) is 12.7. The third kappa shape index (κ3) is 4.30. The molecular formula is C13H23N3O. The van der Waals surface area contributed by atoms with E-state index in [4.69, 9.17) is 0 Å². The van der Waals surface area contributed by atoms with Crippen LogP contribution >= 0.6 is 0 Å². The summed E-state index contributed by atoms with van der Waals surface area (Å²) < 4.78 is 1.60. The third-order valence-corrected chi connectivity index (χ3v) is 2.64. The SMILES string of the molecule is CCCCn1nc(C)cc(CNCCC)c1=O. The smallest absolute Gasteiger partial charge is 0.271 e. The molecule has 1 rings (SSSR count). The van der Waals surface area contributed by atoms with Crippen molar-refractivity contribution in [3.63, 3.8) is 0 Å². The topological polar surface area (TPSA) is 46.9 Å². The second kappa shape index (κ2) is 7.22. The Morgan fingerprint density at radius 2 is 2.12 bits per heavy atom. The average molecular weight is 237 g/mol. The lowest BCUT2D eigenvalue weighted by atomic mass is 10.2. The molecule has 0 unspecified atom stereocenters. The van der Waals surface area contributed by atoms with Crippen molar-refractivity contribution in [3.05, 3.63) is 27.7 Å². The molecule has 96 valence electrons. The van der Waals surface area contributed by atoms with Crippen LogP contribution < -0.4 is 10.9 Å². The van der Waals surface area contributed by atoms with Crippen LogP contribution in [0.1, 0.15) is 44.4 Å². The Labute approximate surface area is 103 Å². The van der Waals surface area contributed by atoms with Gasteiger partial charge in [0.25, 0.3) is 5.56 Å². The van der Waals surface area contributed by atoms with E-state index >= 15 is 0 Å². The zero-order valence-electron chi connectivity index (χ0n) is 11.1. The van der Waals surface area contributed by atoms with Gasteiger partial charge in [-0.2, -0.15) is 5.10 Å². The van der Waals surface area contributed by atoms with Gasteiger partial charge in [0.15, 0.2) is 0 Å². The summed E-state index contributed by atoms with van der Waals surface area (Å²) in [5, 5.41) is 7.54. The van der Waals surface area contributed by atoms with Gasteiger partial charge in [-0.1, -0.05) is 20.3 Å². The first-order chi connectivity index (χ1) is 8.19. The summed E-state index contributed by atoms with van der Waals surface area (Å²) in [5.41, 5.74) is 1.78. The molecule has 0 aliphatic carbocycles. The van der Waals surface area contributed by atoms with E-state index in [1.165, 1.54) is 0 Å². The molecule has 17 heavy (non-hydrogen) atoms. The van der Waals surface area contributed by atoms with Crippen LogP contribution in [-0.2, 0) is 13.1 Å². The molecule has 1 aromatic heterocycles. The summed E-state index contributed by atoms with van der Waals surface area (Å²) in [4.78, 5) is 12.1. The van der Waals surface area contributed by atoms with E-state index < -0.39 is 0 Å². The highest BCUT2D eigenvalue weighted by atomic mass is 16.1. The van der Waals surface area contributed by atoms with Gasteiger partial charge in [-0.05, 0) is 32.4 Å². The van der Waals surface area contributed by atoms with Crippen LogP contribution in [-0.4, -0.2) is 16.3 Å². The van der Waals surface area contributed by atoms with E-state index in [0.717, 1.165) is 43.6 Å². The highest BCUT2D eigenvalue weighted by molar-refractivity contribution is 5.12.